The Morgan fingerprint density at radius 2 is 1.41 bits per heavy atom. The summed E-state index contributed by atoms with van der Waals surface area (Å²) in [5.41, 5.74) is 0.144. The lowest BCUT2D eigenvalue weighted by molar-refractivity contribution is 0.0592. The van der Waals surface area contributed by atoms with E-state index < -0.39 is 11.9 Å². The van der Waals surface area contributed by atoms with Gasteiger partial charge in [0.25, 0.3) is 0 Å². The molecule has 0 saturated carbocycles. The summed E-state index contributed by atoms with van der Waals surface area (Å²) in [6, 6.07) is 2.72. The smallest absolute Gasteiger partial charge is 0.341 e. The molecular formula is C11H11ClO5. The molecule has 0 aliphatic carbocycles. The van der Waals surface area contributed by atoms with Crippen LogP contribution in [0.5, 0.6) is 5.75 Å². The van der Waals surface area contributed by atoms with Crippen molar-refractivity contribution in [2.24, 2.45) is 0 Å². The maximum atomic E-state index is 11.5. The summed E-state index contributed by atoms with van der Waals surface area (Å²) < 4.78 is 14.2. The second-order valence-corrected chi connectivity index (χ2v) is 3.45. The first-order valence-electron chi connectivity index (χ1n) is 4.59. The Morgan fingerprint density at radius 1 is 1.00 bits per heavy atom. The van der Waals surface area contributed by atoms with Gasteiger partial charge in [-0.05, 0) is 12.1 Å². The zero-order valence-electron chi connectivity index (χ0n) is 9.57. The fraction of sp³-hybridized carbons (Fsp3) is 0.273. The van der Waals surface area contributed by atoms with Crippen LogP contribution in [0.4, 0.5) is 0 Å². The molecule has 92 valence electrons. The first-order chi connectivity index (χ1) is 8.04. The largest absolute Gasteiger partial charge is 0.495 e. The molecule has 0 heterocycles. The topological polar surface area (TPSA) is 61.8 Å². The molecule has 0 saturated heterocycles. The number of esters is 2. The van der Waals surface area contributed by atoms with Crippen molar-refractivity contribution >= 4 is 23.5 Å². The molecule has 0 radical (unpaired) electrons. The molecule has 0 bridgehead atoms. The zero-order chi connectivity index (χ0) is 13.0. The van der Waals surface area contributed by atoms with Crippen LogP contribution in [0, 0.1) is 0 Å². The Hall–Kier alpha value is -1.75. The molecule has 0 amide bonds. The van der Waals surface area contributed by atoms with Crippen LogP contribution in [0.15, 0.2) is 12.1 Å². The normalized spacial score (nSPS) is 9.65. The van der Waals surface area contributed by atoms with Gasteiger partial charge in [-0.2, -0.15) is 0 Å². The van der Waals surface area contributed by atoms with Crippen molar-refractivity contribution in [2.75, 3.05) is 21.3 Å². The highest BCUT2D eigenvalue weighted by molar-refractivity contribution is 6.31. The lowest BCUT2D eigenvalue weighted by Crippen LogP contribution is -2.10. The molecular weight excluding hydrogens is 248 g/mol. The van der Waals surface area contributed by atoms with E-state index in [-0.39, 0.29) is 21.9 Å². The van der Waals surface area contributed by atoms with E-state index in [1.54, 1.807) is 0 Å². The van der Waals surface area contributed by atoms with Crippen LogP contribution in [-0.2, 0) is 9.47 Å². The van der Waals surface area contributed by atoms with Crippen molar-refractivity contribution in [3.8, 4) is 5.75 Å². The number of carbonyl (C=O) groups is 2. The van der Waals surface area contributed by atoms with E-state index in [1.807, 2.05) is 0 Å². The minimum absolute atomic E-state index is 0.0721. The lowest BCUT2D eigenvalue weighted by atomic mass is 10.1. The summed E-state index contributed by atoms with van der Waals surface area (Å²) in [6.45, 7) is 0. The van der Waals surface area contributed by atoms with Gasteiger partial charge >= 0.3 is 11.9 Å². The SMILES string of the molecule is COC(=O)c1cc(Cl)cc(C(=O)OC)c1OC. The van der Waals surface area contributed by atoms with Crippen LogP contribution in [0.3, 0.4) is 0 Å². The van der Waals surface area contributed by atoms with E-state index in [9.17, 15) is 9.59 Å². The van der Waals surface area contributed by atoms with Crippen molar-refractivity contribution in [1.82, 2.24) is 0 Å². The Labute approximate surface area is 103 Å². The number of hydrogen-bond acceptors (Lipinski definition) is 5. The molecule has 0 fully saturated rings. The average Bonchev–Trinajstić information content (AvgIpc) is 2.35. The van der Waals surface area contributed by atoms with Gasteiger partial charge in [-0.25, -0.2) is 9.59 Å². The Morgan fingerprint density at radius 3 is 1.71 bits per heavy atom. The molecule has 0 atom stereocenters. The average molecular weight is 259 g/mol. The Kier molecular flexibility index (Phi) is 4.34. The van der Waals surface area contributed by atoms with Gasteiger partial charge in [0, 0.05) is 5.02 Å². The molecule has 0 unspecified atom stereocenters. The van der Waals surface area contributed by atoms with Crippen molar-refractivity contribution < 1.29 is 23.8 Å². The van der Waals surface area contributed by atoms with E-state index in [1.165, 1.54) is 33.5 Å². The third-order valence-electron chi connectivity index (χ3n) is 2.07. The van der Waals surface area contributed by atoms with Crippen molar-refractivity contribution in [1.29, 1.82) is 0 Å². The van der Waals surface area contributed by atoms with Gasteiger partial charge in [0.05, 0.1) is 21.3 Å². The quantitative estimate of drug-likeness (QED) is 0.775. The molecule has 1 aromatic carbocycles. The molecule has 1 rings (SSSR count). The third kappa shape index (κ3) is 2.68. The second-order valence-electron chi connectivity index (χ2n) is 3.02. The Bertz CT molecular complexity index is 418. The van der Waals surface area contributed by atoms with Gasteiger partial charge in [0.15, 0.2) is 0 Å². The van der Waals surface area contributed by atoms with E-state index in [2.05, 4.69) is 9.47 Å². The second kappa shape index (κ2) is 5.54. The maximum absolute atomic E-state index is 11.5. The van der Waals surface area contributed by atoms with E-state index in [4.69, 9.17) is 16.3 Å². The summed E-state index contributed by atoms with van der Waals surface area (Å²) in [4.78, 5) is 23.0. The maximum Gasteiger partial charge on any atom is 0.341 e. The van der Waals surface area contributed by atoms with Crippen LogP contribution < -0.4 is 4.74 Å². The number of carbonyl (C=O) groups excluding carboxylic acids is 2. The molecule has 1 aromatic rings. The van der Waals surface area contributed by atoms with Gasteiger partial charge in [0.1, 0.15) is 16.9 Å². The summed E-state index contributed by atoms with van der Waals surface area (Å²) in [5, 5.41) is 0.214. The van der Waals surface area contributed by atoms with Crippen LogP contribution in [0.1, 0.15) is 20.7 Å². The van der Waals surface area contributed by atoms with Gasteiger partial charge in [-0.15, -0.1) is 0 Å². The fourth-order valence-electron chi connectivity index (χ4n) is 1.34. The highest BCUT2D eigenvalue weighted by Gasteiger charge is 2.22. The summed E-state index contributed by atoms with van der Waals surface area (Å²) in [6.07, 6.45) is 0. The molecule has 0 N–H and O–H groups in total. The predicted octanol–water partition coefficient (Wildman–Crippen LogP) is 1.92. The predicted molar refractivity (Wildman–Crippen MR) is 60.7 cm³/mol. The highest BCUT2D eigenvalue weighted by Crippen LogP contribution is 2.29. The first kappa shape index (κ1) is 13.3. The van der Waals surface area contributed by atoms with E-state index in [0.717, 1.165) is 0 Å². The fourth-order valence-corrected chi connectivity index (χ4v) is 1.55. The van der Waals surface area contributed by atoms with Gasteiger partial charge in [-0.3, -0.25) is 0 Å². The summed E-state index contributed by atoms with van der Waals surface area (Å²) >= 11 is 5.81. The van der Waals surface area contributed by atoms with Crippen LogP contribution in [0.2, 0.25) is 5.02 Å². The standard InChI is InChI=1S/C11H11ClO5/c1-15-9-7(10(13)16-2)4-6(12)5-8(9)11(14)17-3/h4-5H,1-3H3. The summed E-state index contributed by atoms with van der Waals surface area (Å²) in [7, 11) is 3.78. The van der Waals surface area contributed by atoms with Crippen molar-refractivity contribution in [3.63, 3.8) is 0 Å². The number of methoxy groups -OCH3 is 3. The van der Waals surface area contributed by atoms with Gasteiger partial charge in [-0.1, -0.05) is 11.6 Å². The minimum Gasteiger partial charge on any atom is -0.495 e. The number of ether oxygens (including phenoxy) is 3. The molecule has 0 aromatic heterocycles. The van der Waals surface area contributed by atoms with E-state index >= 15 is 0 Å². The monoisotopic (exact) mass is 258 g/mol. The minimum atomic E-state index is -0.644. The van der Waals surface area contributed by atoms with Crippen LogP contribution >= 0.6 is 11.6 Å². The number of benzene rings is 1. The zero-order valence-corrected chi connectivity index (χ0v) is 10.3. The van der Waals surface area contributed by atoms with Crippen LogP contribution in [-0.4, -0.2) is 33.3 Å². The summed E-state index contributed by atoms with van der Waals surface area (Å²) in [5.74, 6) is -1.21. The van der Waals surface area contributed by atoms with Crippen LogP contribution in [0.25, 0.3) is 0 Å². The number of rotatable bonds is 3. The first-order valence-corrected chi connectivity index (χ1v) is 4.97. The molecule has 5 nitrogen and oxygen atoms in total. The third-order valence-corrected chi connectivity index (χ3v) is 2.29. The van der Waals surface area contributed by atoms with Gasteiger partial charge < -0.3 is 14.2 Å². The van der Waals surface area contributed by atoms with Gasteiger partial charge in [0.2, 0.25) is 0 Å². The number of halogens is 1. The lowest BCUT2D eigenvalue weighted by Gasteiger charge is -2.11. The highest BCUT2D eigenvalue weighted by atomic mass is 35.5. The Balaban J connectivity index is 3.45. The molecule has 0 aliphatic rings. The van der Waals surface area contributed by atoms with E-state index in [0.29, 0.717) is 0 Å². The molecule has 6 heteroatoms. The number of hydrogen-bond donors (Lipinski definition) is 0. The van der Waals surface area contributed by atoms with Crippen molar-refractivity contribution in [3.05, 3.63) is 28.3 Å². The molecule has 0 aliphatic heterocycles. The molecule has 0 spiro atoms. The molecule has 17 heavy (non-hydrogen) atoms. The van der Waals surface area contributed by atoms with Crippen molar-refractivity contribution in [2.45, 2.75) is 0 Å².